The fraction of sp³-hybridized carbons (Fsp3) is 0. The van der Waals surface area contributed by atoms with Crippen LogP contribution in [0, 0.1) is 0 Å². The summed E-state index contributed by atoms with van der Waals surface area (Å²) in [6, 6.07) is 13.2. The van der Waals surface area contributed by atoms with E-state index in [4.69, 9.17) is 18.0 Å². The molecule has 4 nitrogen and oxygen atoms in total. The van der Waals surface area contributed by atoms with Crippen molar-refractivity contribution in [3.63, 3.8) is 0 Å². The van der Waals surface area contributed by atoms with Gasteiger partial charge in [0.15, 0.2) is 0 Å². The predicted octanol–water partition coefficient (Wildman–Crippen LogP) is 2.88. The Kier molecular flexibility index (Phi) is 4.42. The largest absolute Gasteiger partial charge is 0.389 e. The molecule has 0 radical (unpaired) electrons. The van der Waals surface area contributed by atoms with Crippen LogP contribution in [0.15, 0.2) is 57.9 Å². The average molecular weight is 371 g/mol. The summed E-state index contributed by atoms with van der Waals surface area (Å²) in [4.78, 5) is 0.109. The van der Waals surface area contributed by atoms with Crippen molar-refractivity contribution in [3.05, 3.63) is 58.6 Å². The first-order chi connectivity index (χ1) is 9.40. The zero-order chi connectivity index (χ0) is 14.8. The van der Waals surface area contributed by atoms with Gasteiger partial charge in [0.25, 0.3) is 10.0 Å². The number of halogens is 1. The Labute approximate surface area is 131 Å². The minimum Gasteiger partial charge on any atom is -0.389 e. The molecule has 0 atom stereocenters. The van der Waals surface area contributed by atoms with Crippen molar-refractivity contribution >= 4 is 48.8 Å². The fourth-order valence-corrected chi connectivity index (χ4v) is 3.42. The lowest BCUT2D eigenvalue weighted by molar-refractivity contribution is 0.601. The summed E-state index contributed by atoms with van der Waals surface area (Å²) >= 11 is 8.17. The second kappa shape index (κ2) is 5.90. The first-order valence-corrected chi connectivity index (χ1v) is 8.26. The third-order valence-electron chi connectivity index (χ3n) is 2.54. The number of anilines is 1. The summed E-state index contributed by atoms with van der Waals surface area (Å²) in [6.07, 6.45) is 0. The minimum atomic E-state index is -3.73. The summed E-state index contributed by atoms with van der Waals surface area (Å²) in [7, 11) is -3.73. The Bertz CT molecular complexity index is 743. The van der Waals surface area contributed by atoms with E-state index in [0.717, 1.165) is 4.47 Å². The van der Waals surface area contributed by atoms with Gasteiger partial charge in [0.2, 0.25) is 0 Å². The van der Waals surface area contributed by atoms with E-state index in [1.165, 1.54) is 6.07 Å². The SMILES string of the molecule is NC(=S)c1ccccc1S(=O)(=O)Nc1ccc(Br)cc1. The molecule has 104 valence electrons. The van der Waals surface area contributed by atoms with Gasteiger partial charge in [-0.3, -0.25) is 4.72 Å². The quantitative estimate of drug-likeness (QED) is 0.811. The molecular formula is C13H11BrN2O2S2. The third kappa shape index (κ3) is 3.36. The van der Waals surface area contributed by atoms with E-state index in [1.54, 1.807) is 42.5 Å². The molecule has 3 N–H and O–H groups in total. The maximum atomic E-state index is 12.4. The van der Waals surface area contributed by atoms with Crippen molar-refractivity contribution < 1.29 is 8.42 Å². The zero-order valence-corrected chi connectivity index (χ0v) is 13.4. The zero-order valence-electron chi connectivity index (χ0n) is 10.2. The van der Waals surface area contributed by atoms with Crippen LogP contribution in [-0.2, 0) is 10.0 Å². The molecular weight excluding hydrogens is 360 g/mol. The maximum Gasteiger partial charge on any atom is 0.262 e. The minimum absolute atomic E-state index is 0.0433. The Balaban J connectivity index is 2.41. The van der Waals surface area contributed by atoms with Crippen molar-refractivity contribution in [1.82, 2.24) is 0 Å². The van der Waals surface area contributed by atoms with Gasteiger partial charge in [-0.15, -0.1) is 0 Å². The van der Waals surface area contributed by atoms with Crippen molar-refractivity contribution in [3.8, 4) is 0 Å². The highest BCUT2D eigenvalue weighted by molar-refractivity contribution is 9.10. The highest BCUT2D eigenvalue weighted by Gasteiger charge is 2.19. The average Bonchev–Trinajstić information content (AvgIpc) is 2.41. The van der Waals surface area contributed by atoms with Gasteiger partial charge in [0.05, 0.1) is 4.90 Å². The number of hydrogen-bond donors (Lipinski definition) is 2. The lowest BCUT2D eigenvalue weighted by Gasteiger charge is -2.11. The van der Waals surface area contributed by atoms with E-state index in [9.17, 15) is 8.42 Å². The summed E-state index contributed by atoms with van der Waals surface area (Å²) < 4.78 is 28.1. The molecule has 0 bridgehead atoms. The predicted molar refractivity (Wildman–Crippen MR) is 87.3 cm³/mol. The Morgan fingerprint density at radius 3 is 2.30 bits per heavy atom. The number of benzene rings is 2. The van der Waals surface area contributed by atoms with Crippen LogP contribution < -0.4 is 10.5 Å². The van der Waals surface area contributed by atoms with Gasteiger partial charge in [-0.05, 0) is 30.3 Å². The maximum absolute atomic E-state index is 12.4. The van der Waals surface area contributed by atoms with Crippen LogP contribution in [0.1, 0.15) is 5.56 Å². The fourth-order valence-electron chi connectivity index (χ4n) is 1.63. The number of hydrogen-bond acceptors (Lipinski definition) is 3. The van der Waals surface area contributed by atoms with Gasteiger partial charge in [-0.1, -0.05) is 46.3 Å². The van der Waals surface area contributed by atoms with Crippen molar-refractivity contribution in [2.75, 3.05) is 4.72 Å². The van der Waals surface area contributed by atoms with Gasteiger partial charge < -0.3 is 5.73 Å². The monoisotopic (exact) mass is 370 g/mol. The van der Waals surface area contributed by atoms with Gasteiger partial charge in [0, 0.05) is 15.7 Å². The lowest BCUT2D eigenvalue weighted by Crippen LogP contribution is -2.19. The number of thiocarbonyl (C=S) groups is 1. The third-order valence-corrected chi connectivity index (χ3v) is 4.73. The molecule has 2 aromatic rings. The number of nitrogens with two attached hydrogens (primary N) is 1. The molecule has 0 unspecified atom stereocenters. The molecule has 0 aromatic heterocycles. The van der Waals surface area contributed by atoms with Crippen LogP contribution in [0.25, 0.3) is 0 Å². The normalized spacial score (nSPS) is 11.1. The number of rotatable bonds is 4. The topological polar surface area (TPSA) is 72.2 Å². The van der Waals surface area contributed by atoms with E-state index in [-0.39, 0.29) is 9.88 Å². The van der Waals surface area contributed by atoms with Gasteiger partial charge >= 0.3 is 0 Å². The second-order valence-corrected chi connectivity index (χ2v) is 6.98. The van der Waals surface area contributed by atoms with E-state index >= 15 is 0 Å². The molecule has 20 heavy (non-hydrogen) atoms. The molecule has 0 aliphatic rings. The molecule has 0 heterocycles. The van der Waals surface area contributed by atoms with Crippen molar-refractivity contribution in [1.29, 1.82) is 0 Å². The highest BCUT2D eigenvalue weighted by atomic mass is 79.9. The molecule has 2 aromatic carbocycles. The van der Waals surface area contributed by atoms with Crippen LogP contribution in [0.4, 0.5) is 5.69 Å². The molecule has 2 rings (SSSR count). The van der Waals surface area contributed by atoms with Gasteiger partial charge in [-0.2, -0.15) is 0 Å². The van der Waals surface area contributed by atoms with E-state index in [0.29, 0.717) is 11.3 Å². The first-order valence-electron chi connectivity index (χ1n) is 5.57. The van der Waals surface area contributed by atoms with E-state index in [1.807, 2.05) is 0 Å². The second-order valence-electron chi connectivity index (χ2n) is 3.97. The summed E-state index contributed by atoms with van der Waals surface area (Å²) in [5, 5.41) is 0. The molecule has 0 saturated heterocycles. The van der Waals surface area contributed by atoms with Crippen molar-refractivity contribution in [2.45, 2.75) is 4.90 Å². The standard InChI is InChI=1S/C13H11BrN2O2S2/c14-9-5-7-10(8-6-9)16-20(17,18)12-4-2-1-3-11(12)13(15)19/h1-8,16H,(H2,15,19). The lowest BCUT2D eigenvalue weighted by atomic mass is 10.2. The molecule has 0 fully saturated rings. The summed E-state index contributed by atoms with van der Waals surface area (Å²) in [6.45, 7) is 0. The summed E-state index contributed by atoms with van der Waals surface area (Å²) in [5.74, 6) is 0. The molecule has 0 aliphatic heterocycles. The smallest absolute Gasteiger partial charge is 0.262 e. The Morgan fingerprint density at radius 1 is 1.10 bits per heavy atom. The first kappa shape index (κ1) is 15.0. The van der Waals surface area contributed by atoms with Crippen LogP contribution in [0.5, 0.6) is 0 Å². The number of nitrogens with one attached hydrogen (secondary N) is 1. The van der Waals surface area contributed by atoms with E-state index in [2.05, 4.69) is 20.7 Å². The Morgan fingerprint density at radius 2 is 1.70 bits per heavy atom. The molecule has 0 spiro atoms. The van der Waals surface area contributed by atoms with Crippen molar-refractivity contribution in [2.24, 2.45) is 5.73 Å². The van der Waals surface area contributed by atoms with E-state index < -0.39 is 10.0 Å². The number of sulfonamides is 1. The Hall–Kier alpha value is -1.44. The van der Waals surface area contributed by atoms with Crippen LogP contribution >= 0.6 is 28.1 Å². The summed E-state index contributed by atoms with van der Waals surface area (Å²) in [5.41, 5.74) is 6.35. The molecule has 0 aliphatic carbocycles. The van der Waals surface area contributed by atoms with Crippen LogP contribution in [0.3, 0.4) is 0 Å². The van der Waals surface area contributed by atoms with Crippen LogP contribution in [-0.4, -0.2) is 13.4 Å². The molecule has 0 amide bonds. The van der Waals surface area contributed by atoms with Crippen LogP contribution in [0.2, 0.25) is 0 Å². The molecule has 7 heteroatoms. The molecule has 0 saturated carbocycles. The van der Waals surface area contributed by atoms with Gasteiger partial charge in [0.1, 0.15) is 4.99 Å². The highest BCUT2D eigenvalue weighted by Crippen LogP contribution is 2.21. The van der Waals surface area contributed by atoms with Gasteiger partial charge in [-0.25, -0.2) is 8.42 Å².